The predicted molar refractivity (Wildman–Crippen MR) is 62.1 cm³/mol. The largest absolute Gasteiger partial charge is 0.573 e. The highest BCUT2D eigenvalue weighted by atomic mass is 35.5. The average Bonchev–Trinajstić information content (AvgIpc) is 2.20. The molecule has 1 N–H and O–H groups in total. The maximum Gasteiger partial charge on any atom is 0.573 e. The Balaban J connectivity index is 3.01. The molecule has 3 nitrogen and oxygen atoms in total. The van der Waals surface area contributed by atoms with Gasteiger partial charge in [-0.1, -0.05) is 30.1 Å². The molecule has 0 saturated heterocycles. The van der Waals surface area contributed by atoms with Crippen molar-refractivity contribution in [1.82, 2.24) is 0 Å². The zero-order valence-electron chi connectivity index (χ0n) is 9.07. The Kier molecular flexibility index (Phi) is 4.70. The van der Waals surface area contributed by atoms with Gasteiger partial charge >= 0.3 is 6.36 Å². The number of benzene rings is 1. The molecule has 0 aliphatic heterocycles. The number of halogens is 5. The summed E-state index contributed by atoms with van der Waals surface area (Å²) in [7, 11) is 0. The van der Waals surface area contributed by atoms with E-state index in [9.17, 15) is 18.0 Å². The van der Waals surface area contributed by atoms with Crippen LogP contribution in [0.4, 0.5) is 18.9 Å². The van der Waals surface area contributed by atoms with Crippen LogP contribution in [0.1, 0.15) is 13.3 Å². The minimum Gasteiger partial charge on any atom is -0.406 e. The lowest BCUT2D eigenvalue weighted by Crippen LogP contribution is -2.17. The van der Waals surface area contributed by atoms with Gasteiger partial charge in [0.05, 0.1) is 15.7 Å². The third kappa shape index (κ3) is 4.27. The quantitative estimate of drug-likeness (QED) is 0.907. The normalized spacial score (nSPS) is 11.2. The molecule has 0 unspecified atom stereocenters. The van der Waals surface area contributed by atoms with Crippen LogP contribution in [0.25, 0.3) is 0 Å². The Morgan fingerprint density at radius 3 is 2.22 bits per heavy atom. The fourth-order valence-electron chi connectivity index (χ4n) is 1.09. The summed E-state index contributed by atoms with van der Waals surface area (Å²) in [5.41, 5.74) is 0.0553. The summed E-state index contributed by atoms with van der Waals surface area (Å²) in [4.78, 5) is 11.2. The summed E-state index contributed by atoms with van der Waals surface area (Å²) < 4.78 is 39.6. The van der Waals surface area contributed by atoms with Crippen LogP contribution in [0.3, 0.4) is 0 Å². The van der Waals surface area contributed by atoms with E-state index in [0.29, 0.717) is 0 Å². The molecular weight excluding hydrogens is 294 g/mol. The Morgan fingerprint density at radius 1 is 1.33 bits per heavy atom. The second kappa shape index (κ2) is 5.67. The van der Waals surface area contributed by atoms with Crippen molar-refractivity contribution in [3.05, 3.63) is 22.2 Å². The van der Waals surface area contributed by atoms with E-state index >= 15 is 0 Å². The fraction of sp³-hybridized carbons (Fsp3) is 0.300. The van der Waals surface area contributed by atoms with E-state index in [2.05, 4.69) is 10.1 Å². The molecule has 0 aromatic heterocycles. The highest BCUT2D eigenvalue weighted by molar-refractivity contribution is 6.40. The minimum absolute atomic E-state index is 0.0553. The number of amides is 1. The number of nitrogens with one attached hydrogen (secondary N) is 1. The molecule has 0 atom stereocenters. The lowest BCUT2D eigenvalue weighted by molar-refractivity contribution is -0.274. The van der Waals surface area contributed by atoms with Gasteiger partial charge in [-0.2, -0.15) is 0 Å². The zero-order valence-corrected chi connectivity index (χ0v) is 10.6. The summed E-state index contributed by atoms with van der Waals surface area (Å²) >= 11 is 11.4. The molecule has 0 heterocycles. The monoisotopic (exact) mass is 301 g/mol. The number of carbonyl (C=O) groups excluding carboxylic acids is 1. The van der Waals surface area contributed by atoms with Gasteiger partial charge in [-0.05, 0) is 0 Å². The van der Waals surface area contributed by atoms with Crippen LogP contribution in [-0.2, 0) is 4.79 Å². The third-order valence-electron chi connectivity index (χ3n) is 1.83. The average molecular weight is 302 g/mol. The number of rotatable bonds is 3. The summed E-state index contributed by atoms with van der Waals surface area (Å²) in [6, 6.07) is 1.85. The smallest absolute Gasteiger partial charge is 0.406 e. The van der Waals surface area contributed by atoms with Crippen molar-refractivity contribution >= 4 is 34.8 Å². The first kappa shape index (κ1) is 14.9. The summed E-state index contributed by atoms with van der Waals surface area (Å²) in [6.07, 6.45) is -4.64. The van der Waals surface area contributed by atoms with Gasteiger partial charge in [-0.3, -0.25) is 4.79 Å². The van der Waals surface area contributed by atoms with Crippen LogP contribution >= 0.6 is 23.2 Å². The Labute approximate surface area is 111 Å². The van der Waals surface area contributed by atoms with Crippen molar-refractivity contribution in [1.29, 1.82) is 0 Å². The van der Waals surface area contributed by atoms with Crippen LogP contribution in [0.5, 0.6) is 5.75 Å². The first-order chi connectivity index (χ1) is 8.23. The molecule has 1 aromatic rings. The van der Waals surface area contributed by atoms with Crippen molar-refractivity contribution in [3.8, 4) is 5.75 Å². The SMILES string of the molecule is CCC(=O)Nc1c(Cl)cc(OC(F)(F)F)cc1Cl. The van der Waals surface area contributed by atoms with Gasteiger partial charge in [0.25, 0.3) is 0 Å². The third-order valence-corrected chi connectivity index (χ3v) is 2.43. The van der Waals surface area contributed by atoms with Crippen molar-refractivity contribution in [2.45, 2.75) is 19.7 Å². The maximum absolute atomic E-state index is 12.0. The highest BCUT2D eigenvalue weighted by Gasteiger charge is 2.31. The first-order valence-electron chi connectivity index (χ1n) is 4.77. The van der Waals surface area contributed by atoms with E-state index in [1.165, 1.54) is 0 Å². The molecule has 0 aliphatic rings. The number of hydrogen-bond donors (Lipinski definition) is 1. The molecule has 0 fully saturated rings. The Bertz CT molecular complexity index is 440. The Hall–Kier alpha value is -1.14. The van der Waals surface area contributed by atoms with Crippen LogP contribution in [0.2, 0.25) is 10.0 Å². The van der Waals surface area contributed by atoms with Gasteiger partial charge in [-0.15, -0.1) is 13.2 Å². The number of carbonyl (C=O) groups is 1. The highest BCUT2D eigenvalue weighted by Crippen LogP contribution is 2.36. The molecule has 0 radical (unpaired) electrons. The lowest BCUT2D eigenvalue weighted by Gasteiger charge is -2.13. The van der Waals surface area contributed by atoms with Crippen LogP contribution in [-0.4, -0.2) is 12.3 Å². The molecule has 100 valence electrons. The van der Waals surface area contributed by atoms with Crippen LogP contribution < -0.4 is 10.1 Å². The van der Waals surface area contributed by atoms with E-state index in [1.807, 2.05) is 0 Å². The molecule has 0 aliphatic carbocycles. The molecule has 1 aromatic carbocycles. The molecule has 0 saturated carbocycles. The maximum atomic E-state index is 12.0. The first-order valence-corrected chi connectivity index (χ1v) is 5.53. The number of alkyl halides is 3. The van der Waals surface area contributed by atoms with Crippen LogP contribution in [0.15, 0.2) is 12.1 Å². The van der Waals surface area contributed by atoms with Gasteiger partial charge in [0.15, 0.2) is 0 Å². The van der Waals surface area contributed by atoms with Gasteiger partial charge in [0.2, 0.25) is 5.91 Å². The topological polar surface area (TPSA) is 38.3 Å². The second-order valence-corrected chi connectivity index (χ2v) is 4.03. The van der Waals surface area contributed by atoms with E-state index in [1.54, 1.807) is 6.92 Å². The summed E-state index contributed by atoms with van der Waals surface area (Å²) in [6.45, 7) is 1.61. The fourth-order valence-corrected chi connectivity index (χ4v) is 1.65. The predicted octanol–water partition coefficient (Wildman–Crippen LogP) is 4.24. The van der Waals surface area contributed by atoms with Gasteiger partial charge in [0.1, 0.15) is 5.75 Å². The molecule has 0 bridgehead atoms. The van der Waals surface area contributed by atoms with Gasteiger partial charge in [-0.25, -0.2) is 0 Å². The van der Waals surface area contributed by atoms with Crippen LogP contribution in [0, 0.1) is 0 Å². The van der Waals surface area contributed by atoms with E-state index in [-0.39, 0.29) is 28.1 Å². The second-order valence-electron chi connectivity index (χ2n) is 3.21. The molecule has 0 spiro atoms. The molecule has 1 rings (SSSR count). The molecule has 18 heavy (non-hydrogen) atoms. The van der Waals surface area contributed by atoms with E-state index < -0.39 is 12.1 Å². The minimum atomic E-state index is -4.83. The van der Waals surface area contributed by atoms with Crippen molar-refractivity contribution in [2.75, 3.05) is 5.32 Å². The molecule has 8 heteroatoms. The number of ether oxygens (including phenoxy) is 1. The number of hydrogen-bond acceptors (Lipinski definition) is 2. The molecular formula is C10H8Cl2F3NO2. The molecule has 1 amide bonds. The van der Waals surface area contributed by atoms with E-state index in [0.717, 1.165) is 12.1 Å². The lowest BCUT2D eigenvalue weighted by atomic mass is 10.3. The standard InChI is InChI=1S/C10H8Cl2F3NO2/c1-2-8(17)16-9-6(11)3-5(4-7(9)12)18-10(13,14)15/h3-4H,2H2,1H3,(H,16,17). The summed E-state index contributed by atoms with van der Waals surface area (Å²) in [5, 5.41) is 2.11. The summed E-state index contributed by atoms with van der Waals surface area (Å²) in [5.74, 6) is -0.907. The zero-order chi connectivity index (χ0) is 13.9. The van der Waals surface area contributed by atoms with Gasteiger partial charge in [0, 0.05) is 18.6 Å². The van der Waals surface area contributed by atoms with E-state index in [4.69, 9.17) is 23.2 Å². The van der Waals surface area contributed by atoms with Crippen molar-refractivity contribution in [3.63, 3.8) is 0 Å². The van der Waals surface area contributed by atoms with Gasteiger partial charge < -0.3 is 10.1 Å². The van der Waals surface area contributed by atoms with Crippen molar-refractivity contribution < 1.29 is 22.7 Å². The van der Waals surface area contributed by atoms with Crippen molar-refractivity contribution in [2.24, 2.45) is 0 Å². The Morgan fingerprint density at radius 2 is 1.83 bits per heavy atom. The number of anilines is 1.